The zero-order valence-electron chi connectivity index (χ0n) is 13.4. The normalized spacial score (nSPS) is 10.6. The van der Waals surface area contributed by atoms with Crippen molar-refractivity contribution in [2.24, 2.45) is 0 Å². The van der Waals surface area contributed by atoms with E-state index < -0.39 is 0 Å². The van der Waals surface area contributed by atoms with Crippen LogP contribution >= 0.6 is 23.2 Å². The maximum absolute atomic E-state index is 12.9. The minimum Gasteiger partial charge on any atom is -0.366 e. The van der Waals surface area contributed by atoms with Gasteiger partial charge in [0, 0.05) is 18.3 Å². The fraction of sp³-hybridized carbons (Fsp3) is 0.111. The van der Waals surface area contributed by atoms with Gasteiger partial charge >= 0.3 is 0 Å². The first-order valence-corrected chi connectivity index (χ1v) is 8.31. The Morgan fingerprint density at radius 2 is 1.64 bits per heavy atom. The molecule has 2 N–H and O–H groups in total. The molecule has 2 aromatic carbocycles. The van der Waals surface area contributed by atoms with Crippen molar-refractivity contribution in [3.63, 3.8) is 0 Å². The van der Waals surface area contributed by atoms with Crippen LogP contribution in [0.25, 0.3) is 0 Å². The van der Waals surface area contributed by atoms with E-state index >= 15 is 0 Å². The van der Waals surface area contributed by atoms with Crippen LogP contribution in [0.5, 0.6) is 0 Å². The number of aromatic nitrogens is 2. The lowest BCUT2D eigenvalue weighted by Crippen LogP contribution is -2.05. The van der Waals surface area contributed by atoms with Gasteiger partial charge in [-0.3, -0.25) is 0 Å². The van der Waals surface area contributed by atoms with E-state index in [1.165, 1.54) is 12.1 Å². The zero-order chi connectivity index (χ0) is 17.8. The third-order valence-electron chi connectivity index (χ3n) is 3.42. The quantitative estimate of drug-likeness (QED) is 0.609. The molecule has 4 nitrogen and oxygen atoms in total. The van der Waals surface area contributed by atoms with E-state index in [1.54, 1.807) is 30.3 Å². The fourth-order valence-electron chi connectivity index (χ4n) is 2.24. The van der Waals surface area contributed by atoms with Gasteiger partial charge in [0.05, 0.1) is 10.0 Å². The lowest BCUT2D eigenvalue weighted by molar-refractivity contribution is 0.627. The summed E-state index contributed by atoms with van der Waals surface area (Å²) in [6.45, 7) is 2.34. The van der Waals surface area contributed by atoms with Crippen LogP contribution in [0.1, 0.15) is 11.4 Å². The average Bonchev–Trinajstić information content (AvgIpc) is 2.57. The largest absolute Gasteiger partial charge is 0.366 e. The van der Waals surface area contributed by atoms with Gasteiger partial charge in [-0.1, -0.05) is 35.3 Å². The first-order chi connectivity index (χ1) is 12.0. The number of aryl methyl sites for hydroxylation is 1. The first kappa shape index (κ1) is 17.5. The van der Waals surface area contributed by atoms with Gasteiger partial charge in [-0.2, -0.15) is 0 Å². The zero-order valence-corrected chi connectivity index (χ0v) is 14.9. The molecule has 0 spiro atoms. The molecule has 0 saturated heterocycles. The summed E-state index contributed by atoms with van der Waals surface area (Å²) in [6.07, 6.45) is 0. The smallest absolute Gasteiger partial charge is 0.136 e. The molecule has 1 heterocycles. The van der Waals surface area contributed by atoms with E-state index in [9.17, 15) is 4.39 Å². The Morgan fingerprint density at radius 1 is 0.920 bits per heavy atom. The molecule has 128 valence electrons. The van der Waals surface area contributed by atoms with Crippen LogP contribution in [-0.2, 0) is 6.54 Å². The van der Waals surface area contributed by atoms with Crippen LogP contribution in [0.4, 0.5) is 21.7 Å². The van der Waals surface area contributed by atoms with Crippen molar-refractivity contribution in [1.29, 1.82) is 0 Å². The van der Waals surface area contributed by atoms with Crippen molar-refractivity contribution in [2.75, 3.05) is 10.6 Å². The van der Waals surface area contributed by atoms with Crippen molar-refractivity contribution < 1.29 is 4.39 Å². The maximum atomic E-state index is 12.9. The van der Waals surface area contributed by atoms with E-state index in [0.717, 1.165) is 11.3 Å². The number of halogens is 3. The Bertz CT molecular complexity index is 885. The number of rotatable bonds is 5. The summed E-state index contributed by atoms with van der Waals surface area (Å²) in [4.78, 5) is 8.72. The third-order valence-corrected chi connectivity index (χ3v) is 4.16. The summed E-state index contributed by atoms with van der Waals surface area (Å²) in [5, 5.41) is 7.34. The Kier molecular flexibility index (Phi) is 5.36. The molecule has 0 aliphatic rings. The number of anilines is 3. The second kappa shape index (κ2) is 7.68. The van der Waals surface area contributed by atoms with Crippen LogP contribution in [0.3, 0.4) is 0 Å². The molecule has 3 rings (SSSR count). The predicted octanol–water partition coefficient (Wildman–Crippen LogP) is 5.59. The maximum Gasteiger partial charge on any atom is 0.136 e. The van der Waals surface area contributed by atoms with E-state index in [4.69, 9.17) is 23.2 Å². The van der Waals surface area contributed by atoms with Gasteiger partial charge < -0.3 is 10.6 Å². The molecule has 0 aliphatic carbocycles. The van der Waals surface area contributed by atoms with Gasteiger partial charge in [-0.15, -0.1) is 0 Å². The van der Waals surface area contributed by atoms with Gasteiger partial charge in [-0.05, 0) is 42.8 Å². The van der Waals surface area contributed by atoms with Gasteiger partial charge in [0.1, 0.15) is 23.3 Å². The van der Waals surface area contributed by atoms with E-state index in [0.29, 0.717) is 34.1 Å². The highest BCUT2D eigenvalue weighted by Crippen LogP contribution is 2.27. The molecule has 0 radical (unpaired) electrons. The summed E-state index contributed by atoms with van der Waals surface area (Å²) in [5.74, 6) is 1.66. The molecule has 0 unspecified atom stereocenters. The van der Waals surface area contributed by atoms with Gasteiger partial charge in [0.15, 0.2) is 0 Å². The SMILES string of the molecule is Cc1nc(NCc2ccc(F)cc2)cc(Nc2ccc(Cl)c(Cl)c2)n1. The van der Waals surface area contributed by atoms with Gasteiger partial charge in [0.25, 0.3) is 0 Å². The minimum atomic E-state index is -0.255. The molecule has 0 atom stereocenters. The second-order valence-electron chi connectivity index (χ2n) is 5.42. The first-order valence-electron chi connectivity index (χ1n) is 7.56. The number of nitrogens with one attached hydrogen (secondary N) is 2. The highest BCUT2D eigenvalue weighted by Gasteiger charge is 2.05. The number of hydrogen-bond acceptors (Lipinski definition) is 4. The topological polar surface area (TPSA) is 49.8 Å². The molecule has 1 aromatic heterocycles. The number of hydrogen-bond donors (Lipinski definition) is 2. The molecule has 0 saturated carbocycles. The third kappa shape index (κ3) is 4.81. The molecular formula is C18H15Cl2FN4. The molecule has 7 heteroatoms. The molecule has 25 heavy (non-hydrogen) atoms. The van der Waals surface area contributed by atoms with E-state index in [1.807, 2.05) is 13.0 Å². The fourth-order valence-corrected chi connectivity index (χ4v) is 2.54. The Balaban J connectivity index is 1.73. The lowest BCUT2D eigenvalue weighted by Gasteiger charge is -2.11. The van der Waals surface area contributed by atoms with Crippen molar-refractivity contribution in [1.82, 2.24) is 9.97 Å². The van der Waals surface area contributed by atoms with Crippen LogP contribution in [0.2, 0.25) is 10.0 Å². The van der Waals surface area contributed by atoms with Crippen molar-refractivity contribution in [2.45, 2.75) is 13.5 Å². The van der Waals surface area contributed by atoms with Gasteiger partial charge in [-0.25, -0.2) is 14.4 Å². The van der Waals surface area contributed by atoms with Crippen LogP contribution in [0.15, 0.2) is 48.5 Å². The lowest BCUT2D eigenvalue weighted by atomic mass is 10.2. The van der Waals surface area contributed by atoms with Crippen molar-refractivity contribution in [3.8, 4) is 0 Å². The van der Waals surface area contributed by atoms with Crippen LogP contribution in [0, 0.1) is 12.7 Å². The molecule has 0 bridgehead atoms. The van der Waals surface area contributed by atoms with Crippen LogP contribution in [-0.4, -0.2) is 9.97 Å². The summed E-state index contributed by atoms with van der Waals surface area (Å²) < 4.78 is 12.9. The molecular weight excluding hydrogens is 362 g/mol. The Hall–Kier alpha value is -2.37. The highest BCUT2D eigenvalue weighted by atomic mass is 35.5. The van der Waals surface area contributed by atoms with E-state index in [-0.39, 0.29) is 5.82 Å². The van der Waals surface area contributed by atoms with Crippen LogP contribution < -0.4 is 10.6 Å². The van der Waals surface area contributed by atoms with E-state index in [2.05, 4.69) is 20.6 Å². The number of benzene rings is 2. The minimum absolute atomic E-state index is 0.255. The molecule has 0 aliphatic heterocycles. The Labute approximate surface area is 155 Å². The number of nitrogens with zero attached hydrogens (tertiary/aromatic N) is 2. The average molecular weight is 377 g/mol. The highest BCUT2D eigenvalue weighted by molar-refractivity contribution is 6.42. The van der Waals surface area contributed by atoms with Crippen molar-refractivity contribution >= 4 is 40.5 Å². The summed E-state index contributed by atoms with van der Waals surface area (Å²) in [5.41, 5.74) is 1.73. The second-order valence-corrected chi connectivity index (χ2v) is 6.23. The summed E-state index contributed by atoms with van der Waals surface area (Å²) >= 11 is 12.0. The summed E-state index contributed by atoms with van der Waals surface area (Å²) in [7, 11) is 0. The monoisotopic (exact) mass is 376 g/mol. The Morgan fingerprint density at radius 3 is 2.36 bits per heavy atom. The molecule has 3 aromatic rings. The van der Waals surface area contributed by atoms with Crippen molar-refractivity contribution in [3.05, 3.63) is 75.8 Å². The molecule has 0 fully saturated rings. The summed E-state index contributed by atoms with van der Waals surface area (Å²) in [6, 6.07) is 13.4. The van der Waals surface area contributed by atoms with Gasteiger partial charge in [0.2, 0.25) is 0 Å². The predicted molar refractivity (Wildman–Crippen MR) is 100 cm³/mol. The molecule has 0 amide bonds. The standard InChI is InChI=1S/C18H15Cl2FN4/c1-11-23-17(22-10-12-2-4-13(21)5-3-12)9-18(24-11)25-14-6-7-15(19)16(20)8-14/h2-9H,10H2,1H3,(H2,22,23,24,25).